The lowest BCUT2D eigenvalue weighted by molar-refractivity contribution is -0.303. The smallest absolute Gasteiger partial charge is 0.244 e. The number of rotatable bonds is 7. The van der Waals surface area contributed by atoms with Gasteiger partial charge in [0.05, 0.1) is 13.2 Å². The second kappa shape index (κ2) is 6.94. The monoisotopic (exact) mass is 205 g/mol. The number of nitrogens with zero attached hydrogens (tertiary/aromatic N) is 1. The second-order valence-corrected chi connectivity index (χ2v) is 3.67. The number of aliphatic imine (C=N–C) groups is 1. The first-order valence-corrected chi connectivity index (χ1v) is 4.96. The molecule has 0 radical (unpaired) electrons. The number of isocyanates is 1. The van der Waals surface area contributed by atoms with Gasteiger partial charge in [-0.1, -0.05) is 0 Å². The Morgan fingerprint density at radius 1 is 1.46 bits per heavy atom. The Morgan fingerprint density at radius 2 is 2.08 bits per heavy atom. The molecule has 0 N–H and O–H groups in total. The van der Waals surface area contributed by atoms with Gasteiger partial charge in [-0.2, -0.15) is 0 Å². The summed E-state index contributed by atoms with van der Waals surface area (Å²) in [6.07, 6.45) is 2.12. The summed E-state index contributed by atoms with van der Waals surface area (Å²) in [5, 5.41) is 0. The van der Waals surface area contributed by atoms with Gasteiger partial charge >= 0.3 is 0 Å². The molecule has 6 heteroatoms. The Bertz CT molecular complexity index is 177. The average molecular weight is 205 g/mol. The maximum absolute atomic E-state index is 9.70. The van der Waals surface area contributed by atoms with Crippen LogP contribution in [0.5, 0.6) is 0 Å². The van der Waals surface area contributed by atoms with Crippen LogP contribution in [-0.4, -0.2) is 49.3 Å². The Hall–Kier alpha value is -0.523. The fraction of sp³-hybridized carbons (Fsp3) is 0.857. The van der Waals surface area contributed by atoms with Crippen molar-refractivity contribution in [3.8, 4) is 0 Å². The molecular formula is C7H15NO4Si. The standard InChI is InChI=1S/C7H15NO4Si/c1-10-7(13,11-2)12-5-3-4-8-6-9/h3-5H2,1-2,13H3. The quantitative estimate of drug-likeness (QED) is 0.176. The van der Waals surface area contributed by atoms with Crippen molar-refractivity contribution in [3.63, 3.8) is 0 Å². The molecule has 0 atom stereocenters. The summed E-state index contributed by atoms with van der Waals surface area (Å²) in [6, 6.07) is 0. The molecule has 0 rings (SSSR count). The van der Waals surface area contributed by atoms with E-state index in [9.17, 15) is 4.79 Å². The van der Waals surface area contributed by atoms with E-state index in [1.54, 1.807) is 0 Å². The molecule has 0 aliphatic carbocycles. The second-order valence-electron chi connectivity index (χ2n) is 2.45. The van der Waals surface area contributed by atoms with Gasteiger partial charge in [0.1, 0.15) is 10.2 Å². The van der Waals surface area contributed by atoms with E-state index in [0.717, 1.165) is 0 Å². The zero-order valence-corrected chi connectivity index (χ0v) is 10.2. The van der Waals surface area contributed by atoms with Crippen LogP contribution in [0.3, 0.4) is 0 Å². The molecule has 0 bridgehead atoms. The largest absolute Gasteiger partial charge is 0.336 e. The summed E-state index contributed by atoms with van der Waals surface area (Å²) >= 11 is 0. The van der Waals surface area contributed by atoms with Gasteiger partial charge in [0.25, 0.3) is 0 Å². The molecular weight excluding hydrogens is 190 g/mol. The molecule has 13 heavy (non-hydrogen) atoms. The molecule has 0 aliphatic heterocycles. The summed E-state index contributed by atoms with van der Waals surface area (Å²) in [4.78, 5) is 13.1. The predicted octanol–water partition coefficient (Wildman–Crippen LogP) is -1.00. The summed E-state index contributed by atoms with van der Waals surface area (Å²) in [5.74, 6) is 0. The van der Waals surface area contributed by atoms with Gasteiger partial charge in [0.15, 0.2) is 0 Å². The minimum absolute atomic E-state index is 0.425. The fourth-order valence-electron chi connectivity index (χ4n) is 0.648. The number of methoxy groups -OCH3 is 2. The van der Waals surface area contributed by atoms with Crippen LogP contribution >= 0.6 is 0 Å². The van der Waals surface area contributed by atoms with E-state index in [2.05, 4.69) is 4.99 Å². The van der Waals surface area contributed by atoms with E-state index in [-0.39, 0.29) is 0 Å². The summed E-state index contributed by atoms with van der Waals surface area (Å²) in [5.41, 5.74) is -0.870. The molecule has 0 unspecified atom stereocenters. The first-order valence-electron chi connectivity index (χ1n) is 3.96. The third kappa shape index (κ3) is 5.68. The third-order valence-corrected chi connectivity index (χ3v) is 2.69. The molecule has 0 heterocycles. The molecule has 0 spiro atoms. The zero-order valence-electron chi connectivity index (χ0n) is 8.20. The Labute approximate surface area is 80.5 Å². The van der Waals surface area contributed by atoms with Crippen LogP contribution in [0, 0.1) is 0 Å². The van der Waals surface area contributed by atoms with E-state index < -0.39 is 5.60 Å². The maximum atomic E-state index is 9.70. The average Bonchev–Trinajstić information content (AvgIpc) is 2.17. The Balaban J connectivity index is 3.55. The van der Waals surface area contributed by atoms with E-state index in [1.807, 2.05) is 0 Å². The normalized spacial score (nSPS) is 11.2. The highest BCUT2D eigenvalue weighted by atomic mass is 28.1. The number of ether oxygens (including phenoxy) is 3. The molecule has 0 saturated carbocycles. The van der Waals surface area contributed by atoms with E-state index in [1.165, 1.54) is 20.3 Å². The van der Waals surface area contributed by atoms with Crippen LogP contribution < -0.4 is 0 Å². The summed E-state index contributed by atoms with van der Waals surface area (Å²) in [7, 11) is 3.67. The predicted molar refractivity (Wildman–Crippen MR) is 50.2 cm³/mol. The first kappa shape index (κ1) is 12.5. The van der Waals surface area contributed by atoms with E-state index >= 15 is 0 Å². The fourth-order valence-corrected chi connectivity index (χ4v) is 0.852. The van der Waals surface area contributed by atoms with Crippen LogP contribution in [0.4, 0.5) is 0 Å². The van der Waals surface area contributed by atoms with Crippen LogP contribution in [0.1, 0.15) is 6.42 Å². The zero-order chi connectivity index (χ0) is 10.2. The summed E-state index contributed by atoms with van der Waals surface area (Å²) in [6.45, 7) is 0.880. The SMILES string of the molecule is COC([SiH3])(OC)OCCCN=C=O. The van der Waals surface area contributed by atoms with Crippen molar-refractivity contribution < 1.29 is 19.0 Å². The third-order valence-electron chi connectivity index (χ3n) is 1.58. The van der Waals surface area contributed by atoms with Gasteiger partial charge in [0, 0.05) is 14.2 Å². The van der Waals surface area contributed by atoms with Crippen molar-refractivity contribution in [1.82, 2.24) is 0 Å². The van der Waals surface area contributed by atoms with Crippen LogP contribution in [0.15, 0.2) is 4.99 Å². The van der Waals surface area contributed by atoms with E-state index in [4.69, 9.17) is 14.2 Å². The number of hydrogen-bond acceptors (Lipinski definition) is 5. The lowest BCUT2D eigenvalue weighted by atomic mass is 10.5. The molecule has 76 valence electrons. The molecule has 0 amide bonds. The highest BCUT2D eigenvalue weighted by Gasteiger charge is 2.21. The van der Waals surface area contributed by atoms with Crippen molar-refractivity contribution in [2.24, 2.45) is 4.99 Å². The van der Waals surface area contributed by atoms with E-state index in [0.29, 0.717) is 29.8 Å². The molecule has 0 saturated heterocycles. The lowest BCUT2D eigenvalue weighted by Gasteiger charge is -2.26. The minimum atomic E-state index is -0.870. The molecule has 0 aromatic heterocycles. The van der Waals surface area contributed by atoms with Crippen molar-refractivity contribution >= 4 is 16.3 Å². The van der Waals surface area contributed by atoms with Crippen LogP contribution in [0.2, 0.25) is 0 Å². The topological polar surface area (TPSA) is 57.1 Å². The molecule has 0 aromatic rings. The number of carbonyl (C=O) groups excluding carboxylic acids is 1. The van der Waals surface area contributed by atoms with Gasteiger partial charge in [-0.15, -0.1) is 0 Å². The van der Waals surface area contributed by atoms with Crippen molar-refractivity contribution in [2.75, 3.05) is 27.4 Å². The molecule has 5 nitrogen and oxygen atoms in total. The van der Waals surface area contributed by atoms with Gasteiger partial charge in [-0.05, 0) is 6.42 Å². The van der Waals surface area contributed by atoms with Crippen molar-refractivity contribution in [1.29, 1.82) is 0 Å². The minimum Gasteiger partial charge on any atom is -0.336 e. The van der Waals surface area contributed by atoms with Gasteiger partial charge in [-0.3, -0.25) is 0 Å². The maximum Gasteiger partial charge on any atom is 0.244 e. The molecule has 0 aliphatic rings. The molecule has 0 aromatic carbocycles. The highest BCUT2D eigenvalue weighted by Crippen LogP contribution is 2.07. The van der Waals surface area contributed by atoms with Gasteiger partial charge in [0.2, 0.25) is 11.7 Å². The van der Waals surface area contributed by atoms with Crippen molar-refractivity contribution in [3.05, 3.63) is 0 Å². The Kier molecular flexibility index (Phi) is 6.66. The van der Waals surface area contributed by atoms with Crippen LogP contribution in [-0.2, 0) is 19.0 Å². The first-order chi connectivity index (χ1) is 6.18. The highest BCUT2D eigenvalue weighted by molar-refractivity contribution is 6.12. The summed E-state index contributed by atoms with van der Waals surface area (Å²) < 4.78 is 15.3. The lowest BCUT2D eigenvalue weighted by Crippen LogP contribution is -2.37. The van der Waals surface area contributed by atoms with Gasteiger partial charge < -0.3 is 14.2 Å². The number of hydrogen-bond donors (Lipinski definition) is 0. The molecule has 0 fully saturated rings. The van der Waals surface area contributed by atoms with Crippen LogP contribution in [0.25, 0.3) is 0 Å². The van der Waals surface area contributed by atoms with Gasteiger partial charge in [-0.25, -0.2) is 9.79 Å². The van der Waals surface area contributed by atoms with Crippen molar-refractivity contribution in [2.45, 2.75) is 12.0 Å². The Morgan fingerprint density at radius 3 is 2.54 bits per heavy atom.